The molecule has 0 spiro atoms. The molecule has 0 heterocycles. The van der Waals surface area contributed by atoms with Crippen LogP contribution in [0.4, 0.5) is 0 Å². The Labute approximate surface area is 143 Å². The fraction of sp³-hybridized carbons (Fsp3) is 0.294. The van der Waals surface area contributed by atoms with E-state index in [0.29, 0.717) is 11.4 Å². The minimum Gasteiger partial charge on any atom is -0.298 e. The van der Waals surface area contributed by atoms with Crippen LogP contribution in [0.2, 0.25) is 5.02 Å². The van der Waals surface area contributed by atoms with Crippen LogP contribution in [0.15, 0.2) is 53.4 Å². The number of nitrogens with zero attached hydrogens (tertiary/aromatic N) is 2. The molecule has 0 aliphatic carbocycles. The van der Waals surface area contributed by atoms with Gasteiger partial charge in [-0.15, -0.1) is 0 Å². The zero-order valence-corrected chi connectivity index (χ0v) is 15.1. The van der Waals surface area contributed by atoms with Gasteiger partial charge in [-0.25, -0.2) is 12.7 Å². The summed E-state index contributed by atoms with van der Waals surface area (Å²) in [7, 11) is 1.66. The normalized spacial score (nSPS) is 12.1. The molecule has 0 aliphatic heterocycles. The third kappa shape index (κ3) is 4.78. The van der Waals surface area contributed by atoms with E-state index in [-0.39, 0.29) is 0 Å². The van der Waals surface area contributed by atoms with Crippen LogP contribution in [-0.2, 0) is 23.1 Å². The number of benzene rings is 2. The summed E-state index contributed by atoms with van der Waals surface area (Å²) in [6.07, 6.45) is 0. The Balaban J connectivity index is 2.11. The van der Waals surface area contributed by atoms with E-state index in [1.54, 1.807) is 18.2 Å². The summed E-state index contributed by atoms with van der Waals surface area (Å²) in [4.78, 5) is 2.43. The van der Waals surface area contributed by atoms with Gasteiger partial charge < -0.3 is 0 Å². The lowest BCUT2D eigenvalue weighted by molar-refractivity contribution is 0.319. The van der Waals surface area contributed by atoms with E-state index < -0.39 is 10.0 Å². The monoisotopic (exact) mass is 352 g/mol. The fourth-order valence-electron chi connectivity index (χ4n) is 2.33. The zero-order chi connectivity index (χ0) is 17.0. The maximum atomic E-state index is 12.2. The molecule has 0 aromatic heterocycles. The molecule has 0 radical (unpaired) electrons. The third-order valence-electron chi connectivity index (χ3n) is 3.47. The van der Waals surface area contributed by atoms with Gasteiger partial charge in [0.1, 0.15) is 0 Å². The predicted octanol–water partition coefficient (Wildman–Crippen LogP) is 3.22. The highest BCUT2D eigenvalue weighted by Gasteiger charge is 2.17. The van der Waals surface area contributed by atoms with E-state index in [1.165, 1.54) is 18.4 Å². The van der Waals surface area contributed by atoms with Crippen molar-refractivity contribution < 1.29 is 8.42 Å². The van der Waals surface area contributed by atoms with E-state index in [1.807, 2.05) is 37.4 Å². The molecular weight excluding hydrogens is 332 g/mol. The minimum absolute atomic E-state index is 0.316. The highest BCUT2D eigenvalue weighted by Crippen LogP contribution is 2.17. The molecule has 0 unspecified atom stereocenters. The van der Waals surface area contributed by atoms with Gasteiger partial charge >= 0.3 is 0 Å². The lowest BCUT2D eigenvalue weighted by atomic mass is 10.2. The second-order valence-electron chi connectivity index (χ2n) is 5.74. The van der Waals surface area contributed by atoms with Gasteiger partial charge in [0.05, 0.1) is 4.90 Å². The van der Waals surface area contributed by atoms with Gasteiger partial charge in [0.25, 0.3) is 0 Å². The van der Waals surface area contributed by atoms with Crippen molar-refractivity contribution in [2.45, 2.75) is 18.0 Å². The maximum absolute atomic E-state index is 12.2. The van der Waals surface area contributed by atoms with E-state index >= 15 is 0 Å². The first-order valence-electron chi connectivity index (χ1n) is 7.23. The smallest absolute Gasteiger partial charge is 0.242 e. The average Bonchev–Trinajstić information content (AvgIpc) is 2.47. The Morgan fingerprint density at radius 1 is 0.913 bits per heavy atom. The Morgan fingerprint density at radius 3 is 2.04 bits per heavy atom. The molecule has 6 heteroatoms. The van der Waals surface area contributed by atoms with Gasteiger partial charge in [0, 0.05) is 32.2 Å². The van der Waals surface area contributed by atoms with Gasteiger partial charge in [-0.3, -0.25) is 4.90 Å². The lowest BCUT2D eigenvalue weighted by Gasteiger charge is -2.18. The van der Waals surface area contributed by atoms with Crippen molar-refractivity contribution in [2.24, 2.45) is 0 Å². The molecule has 0 N–H and O–H groups in total. The van der Waals surface area contributed by atoms with Crippen LogP contribution in [0.3, 0.4) is 0 Å². The second kappa shape index (κ2) is 7.45. The molecule has 0 atom stereocenters. The predicted molar refractivity (Wildman–Crippen MR) is 93.9 cm³/mol. The summed E-state index contributed by atoms with van der Waals surface area (Å²) in [6.45, 7) is 1.40. The second-order valence-corrected chi connectivity index (χ2v) is 8.33. The molecule has 4 nitrogen and oxygen atoms in total. The molecule has 0 saturated carbocycles. The fourth-order valence-corrected chi connectivity index (χ4v) is 3.52. The van der Waals surface area contributed by atoms with Gasteiger partial charge in [0.15, 0.2) is 0 Å². The molecular formula is C17H21ClN2O2S. The van der Waals surface area contributed by atoms with Crippen LogP contribution in [0.25, 0.3) is 0 Å². The van der Waals surface area contributed by atoms with Crippen LogP contribution in [0.5, 0.6) is 0 Å². The van der Waals surface area contributed by atoms with Crippen molar-refractivity contribution in [3.05, 3.63) is 64.7 Å². The van der Waals surface area contributed by atoms with E-state index in [2.05, 4.69) is 4.90 Å². The molecule has 23 heavy (non-hydrogen) atoms. The van der Waals surface area contributed by atoms with Crippen molar-refractivity contribution >= 4 is 21.6 Å². The van der Waals surface area contributed by atoms with Gasteiger partial charge in [-0.2, -0.15) is 0 Å². The Bertz CT molecular complexity index is 776. The average molecular weight is 353 g/mol. The molecule has 0 fully saturated rings. The number of hydrogen-bond donors (Lipinski definition) is 0. The largest absolute Gasteiger partial charge is 0.298 e. The quantitative estimate of drug-likeness (QED) is 0.801. The van der Waals surface area contributed by atoms with E-state index in [4.69, 9.17) is 11.6 Å². The zero-order valence-electron chi connectivity index (χ0n) is 13.5. The first-order chi connectivity index (χ1) is 10.8. The highest BCUT2D eigenvalue weighted by molar-refractivity contribution is 7.89. The molecule has 0 aliphatic rings. The number of sulfonamides is 1. The van der Waals surface area contributed by atoms with E-state index in [9.17, 15) is 8.42 Å². The molecule has 0 bridgehead atoms. The van der Waals surface area contributed by atoms with Crippen molar-refractivity contribution in [1.82, 2.24) is 9.21 Å². The lowest BCUT2D eigenvalue weighted by Crippen LogP contribution is -2.22. The highest BCUT2D eigenvalue weighted by atomic mass is 35.5. The Kier molecular flexibility index (Phi) is 5.81. The molecule has 0 saturated heterocycles. The van der Waals surface area contributed by atoms with Crippen molar-refractivity contribution in [3.63, 3.8) is 0 Å². The Hall–Kier alpha value is -1.40. The van der Waals surface area contributed by atoms with Gasteiger partial charge in [-0.05, 0) is 42.4 Å². The summed E-state index contributed by atoms with van der Waals surface area (Å²) >= 11 is 6.00. The maximum Gasteiger partial charge on any atom is 0.242 e. The third-order valence-corrected chi connectivity index (χ3v) is 5.52. The van der Waals surface area contributed by atoms with Gasteiger partial charge in [-0.1, -0.05) is 35.9 Å². The molecule has 124 valence electrons. The number of halogens is 1. The van der Waals surface area contributed by atoms with Crippen molar-refractivity contribution in [2.75, 3.05) is 21.1 Å². The molecule has 2 aromatic carbocycles. The SMILES string of the molecule is CN(Cc1cccc(Cl)c1)Cc1cccc(S(=O)(=O)N(C)C)c1. The molecule has 2 aromatic rings. The molecule has 0 amide bonds. The summed E-state index contributed by atoms with van der Waals surface area (Å²) in [5.41, 5.74) is 2.08. The van der Waals surface area contributed by atoms with Crippen LogP contribution in [-0.4, -0.2) is 38.8 Å². The van der Waals surface area contributed by atoms with Crippen LogP contribution in [0, 0.1) is 0 Å². The van der Waals surface area contributed by atoms with Crippen molar-refractivity contribution in [1.29, 1.82) is 0 Å². The number of hydrogen-bond acceptors (Lipinski definition) is 3. The topological polar surface area (TPSA) is 40.6 Å². The molecule has 2 rings (SSSR count). The van der Waals surface area contributed by atoms with Crippen LogP contribution in [0.1, 0.15) is 11.1 Å². The first-order valence-corrected chi connectivity index (χ1v) is 9.05. The van der Waals surface area contributed by atoms with Crippen LogP contribution >= 0.6 is 11.6 Å². The van der Waals surface area contributed by atoms with Crippen molar-refractivity contribution in [3.8, 4) is 0 Å². The summed E-state index contributed by atoms with van der Waals surface area (Å²) in [5.74, 6) is 0. The van der Waals surface area contributed by atoms with Gasteiger partial charge in [0.2, 0.25) is 10.0 Å². The first kappa shape index (κ1) is 17.9. The Morgan fingerprint density at radius 2 is 1.48 bits per heavy atom. The minimum atomic E-state index is -3.40. The summed E-state index contributed by atoms with van der Waals surface area (Å²) in [5, 5.41) is 0.718. The van der Waals surface area contributed by atoms with E-state index in [0.717, 1.165) is 22.7 Å². The number of rotatable bonds is 6. The standard InChI is InChI=1S/C17H21ClN2O2S/c1-19(2)23(21,22)17-9-5-7-15(11-17)13-20(3)12-14-6-4-8-16(18)10-14/h4-11H,12-13H2,1-3H3. The summed E-state index contributed by atoms with van der Waals surface area (Å²) < 4.78 is 25.6. The summed E-state index contributed by atoms with van der Waals surface area (Å²) in [6, 6.07) is 14.8. The van der Waals surface area contributed by atoms with Crippen LogP contribution < -0.4 is 0 Å².